The Morgan fingerprint density at radius 1 is 0.758 bits per heavy atom. The van der Waals surface area contributed by atoms with E-state index in [0.717, 1.165) is 14.6 Å². The molecule has 9 heteroatoms. The molecule has 0 saturated carbocycles. The number of esters is 2. The van der Waals surface area contributed by atoms with E-state index in [1.807, 2.05) is 42.5 Å². The fraction of sp³-hybridized carbons (Fsp3) is 0.0833. The third kappa shape index (κ3) is 5.74. The summed E-state index contributed by atoms with van der Waals surface area (Å²) in [6.07, 6.45) is 0. The summed E-state index contributed by atoms with van der Waals surface area (Å²) in [5.74, 6) is -0.989. The van der Waals surface area contributed by atoms with Crippen LogP contribution in [-0.2, 0) is 22.7 Å². The highest BCUT2D eigenvalue weighted by Crippen LogP contribution is 2.18. The van der Waals surface area contributed by atoms with E-state index < -0.39 is 11.9 Å². The van der Waals surface area contributed by atoms with Gasteiger partial charge in [-0.1, -0.05) is 67.4 Å². The van der Waals surface area contributed by atoms with Crippen LogP contribution < -0.4 is 0 Å². The Morgan fingerprint density at radius 2 is 1.33 bits per heavy atom. The van der Waals surface area contributed by atoms with Gasteiger partial charge in [0.25, 0.3) is 0 Å². The van der Waals surface area contributed by atoms with E-state index in [1.54, 1.807) is 41.1 Å². The molecule has 0 amide bonds. The summed E-state index contributed by atoms with van der Waals surface area (Å²) >= 11 is 6.69. The Morgan fingerprint density at radius 3 is 1.91 bits per heavy atom. The largest absolute Gasteiger partial charge is 0.455 e. The standard InChI is InChI=1S/C24H17Br2N3O4/c25-18-8-4-6-16(12-18)23(30)32-14-21-22(29(28-27-21)20-10-2-1-3-11-20)15-33-24(31)17-7-5-9-19(26)13-17/h1-13H,14-15H2. The second kappa shape index (κ2) is 10.5. The van der Waals surface area contributed by atoms with E-state index >= 15 is 0 Å². The van der Waals surface area contributed by atoms with Gasteiger partial charge >= 0.3 is 11.9 Å². The Balaban J connectivity index is 1.55. The normalized spacial score (nSPS) is 10.6. The van der Waals surface area contributed by atoms with Crippen LogP contribution in [-0.4, -0.2) is 26.9 Å². The van der Waals surface area contributed by atoms with Gasteiger partial charge in [0.15, 0.2) is 0 Å². The molecule has 0 N–H and O–H groups in total. The Bertz CT molecular complexity index is 1290. The van der Waals surface area contributed by atoms with Crippen molar-refractivity contribution in [2.75, 3.05) is 0 Å². The third-order valence-corrected chi connectivity index (χ3v) is 5.63. The van der Waals surface area contributed by atoms with Gasteiger partial charge < -0.3 is 9.47 Å². The van der Waals surface area contributed by atoms with Crippen molar-refractivity contribution in [3.05, 3.63) is 110 Å². The second-order valence-corrected chi connectivity index (χ2v) is 8.73. The van der Waals surface area contributed by atoms with E-state index in [2.05, 4.69) is 42.2 Å². The summed E-state index contributed by atoms with van der Waals surface area (Å²) in [5.41, 5.74) is 2.45. The molecule has 0 spiro atoms. The predicted molar refractivity (Wildman–Crippen MR) is 128 cm³/mol. The highest BCUT2D eigenvalue weighted by molar-refractivity contribution is 9.10. The van der Waals surface area contributed by atoms with Gasteiger partial charge in [-0.15, -0.1) is 5.10 Å². The quantitative estimate of drug-likeness (QED) is 0.273. The predicted octanol–water partition coefficient (Wildman–Crippen LogP) is 5.51. The van der Waals surface area contributed by atoms with Crippen LogP contribution in [0.25, 0.3) is 5.69 Å². The molecule has 0 aliphatic rings. The number of rotatable bonds is 7. The Hall–Kier alpha value is -3.30. The van der Waals surface area contributed by atoms with Crippen LogP contribution in [0.5, 0.6) is 0 Å². The number of halogens is 2. The lowest BCUT2D eigenvalue weighted by atomic mass is 10.2. The van der Waals surface area contributed by atoms with Crippen molar-refractivity contribution in [1.82, 2.24) is 15.0 Å². The van der Waals surface area contributed by atoms with Crippen molar-refractivity contribution >= 4 is 43.8 Å². The average molecular weight is 571 g/mol. The average Bonchev–Trinajstić information content (AvgIpc) is 3.24. The number of benzene rings is 3. The number of hydrogen-bond acceptors (Lipinski definition) is 6. The summed E-state index contributed by atoms with van der Waals surface area (Å²) < 4.78 is 14.1. The van der Waals surface area contributed by atoms with Crippen molar-refractivity contribution < 1.29 is 19.1 Å². The number of ether oxygens (including phenoxy) is 2. The molecule has 0 unspecified atom stereocenters. The van der Waals surface area contributed by atoms with Crippen LogP contribution in [0.15, 0.2) is 87.8 Å². The molecule has 1 heterocycles. The zero-order chi connectivity index (χ0) is 23.2. The molecule has 166 valence electrons. The number of carbonyl (C=O) groups excluding carboxylic acids is 2. The first-order valence-electron chi connectivity index (χ1n) is 9.85. The maximum atomic E-state index is 12.6. The Kier molecular flexibility index (Phi) is 7.31. The fourth-order valence-corrected chi connectivity index (χ4v) is 3.83. The molecule has 0 aliphatic heterocycles. The molecule has 0 fully saturated rings. The van der Waals surface area contributed by atoms with Crippen LogP contribution in [0.1, 0.15) is 32.1 Å². The topological polar surface area (TPSA) is 83.3 Å². The lowest BCUT2D eigenvalue weighted by molar-refractivity contribution is 0.0427. The van der Waals surface area contributed by atoms with E-state index in [-0.39, 0.29) is 13.2 Å². The number of hydrogen-bond donors (Lipinski definition) is 0. The molecule has 0 radical (unpaired) electrons. The summed E-state index contributed by atoms with van der Waals surface area (Å²) in [5, 5.41) is 8.35. The van der Waals surface area contributed by atoms with Crippen LogP contribution in [0.3, 0.4) is 0 Å². The number of aromatic nitrogens is 3. The summed E-state index contributed by atoms with van der Waals surface area (Å²) in [4.78, 5) is 25.0. The monoisotopic (exact) mass is 569 g/mol. The van der Waals surface area contributed by atoms with E-state index in [9.17, 15) is 9.59 Å². The highest BCUT2D eigenvalue weighted by Gasteiger charge is 2.19. The molecule has 1 aromatic heterocycles. The van der Waals surface area contributed by atoms with E-state index in [4.69, 9.17) is 9.47 Å². The fourth-order valence-electron chi connectivity index (χ4n) is 3.03. The number of carbonyl (C=O) groups is 2. The smallest absolute Gasteiger partial charge is 0.338 e. The first-order chi connectivity index (χ1) is 16.0. The molecule has 4 aromatic rings. The lowest BCUT2D eigenvalue weighted by Gasteiger charge is -2.10. The zero-order valence-corrected chi connectivity index (χ0v) is 20.3. The molecule has 0 bridgehead atoms. The van der Waals surface area contributed by atoms with Gasteiger partial charge in [-0.3, -0.25) is 0 Å². The maximum absolute atomic E-state index is 12.6. The summed E-state index contributed by atoms with van der Waals surface area (Å²) in [6.45, 7) is -0.223. The minimum absolute atomic E-state index is 0.100. The van der Waals surface area contributed by atoms with E-state index in [0.29, 0.717) is 22.5 Å². The van der Waals surface area contributed by atoms with Crippen LogP contribution in [0, 0.1) is 0 Å². The molecule has 3 aromatic carbocycles. The lowest BCUT2D eigenvalue weighted by Crippen LogP contribution is -2.12. The SMILES string of the molecule is O=C(OCc1nnn(-c2ccccc2)c1COC(=O)c1cccc(Br)c1)c1cccc(Br)c1. The Labute approximate surface area is 206 Å². The number of para-hydroxylation sites is 1. The zero-order valence-electron chi connectivity index (χ0n) is 17.2. The van der Waals surface area contributed by atoms with Gasteiger partial charge in [-0.05, 0) is 48.5 Å². The van der Waals surface area contributed by atoms with Gasteiger partial charge in [0, 0.05) is 8.95 Å². The minimum atomic E-state index is -0.498. The van der Waals surface area contributed by atoms with Crippen molar-refractivity contribution in [3.63, 3.8) is 0 Å². The van der Waals surface area contributed by atoms with Crippen LogP contribution in [0.4, 0.5) is 0 Å². The second-order valence-electron chi connectivity index (χ2n) is 6.90. The molecule has 7 nitrogen and oxygen atoms in total. The first-order valence-corrected chi connectivity index (χ1v) is 11.4. The highest BCUT2D eigenvalue weighted by atomic mass is 79.9. The van der Waals surface area contributed by atoms with Crippen molar-refractivity contribution in [2.24, 2.45) is 0 Å². The summed E-state index contributed by atoms with van der Waals surface area (Å²) in [7, 11) is 0. The third-order valence-electron chi connectivity index (χ3n) is 4.65. The maximum Gasteiger partial charge on any atom is 0.338 e. The van der Waals surface area contributed by atoms with Crippen LogP contribution in [0.2, 0.25) is 0 Å². The molecule has 33 heavy (non-hydrogen) atoms. The molecule has 4 rings (SSSR count). The van der Waals surface area contributed by atoms with Gasteiger partial charge in [0.1, 0.15) is 24.6 Å². The molecular formula is C24H17Br2N3O4. The van der Waals surface area contributed by atoms with Crippen molar-refractivity contribution in [2.45, 2.75) is 13.2 Å². The van der Waals surface area contributed by atoms with Gasteiger partial charge in [0.2, 0.25) is 0 Å². The van der Waals surface area contributed by atoms with Gasteiger partial charge in [-0.2, -0.15) is 0 Å². The van der Waals surface area contributed by atoms with Crippen LogP contribution >= 0.6 is 31.9 Å². The van der Waals surface area contributed by atoms with Gasteiger partial charge in [-0.25, -0.2) is 14.3 Å². The summed E-state index contributed by atoms with van der Waals surface area (Å²) in [6, 6.07) is 23.1. The molecule has 0 aliphatic carbocycles. The van der Waals surface area contributed by atoms with Crippen molar-refractivity contribution in [1.29, 1.82) is 0 Å². The molecule has 0 atom stereocenters. The van der Waals surface area contributed by atoms with E-state index in [1.165, 1.54) is 0 Å². The minimum Gasteiger partial charge on any atom is -0.455 e. The van der Waals surface area contributed by atoms with Crippen molar-refractivity contribution in [3.8, 4) is 5.69 Å². The number of nitrogens with zero attached hydrogens (tertiary/aromatic N) is 3. The van der Waals surface area contributed by atoms with Gasteiger partial charge in [0.05, 0.1) is 16.8 Å². The first kappa shape index (κ1) is 22.9. The molecular weight excluding hydrogens is 554 g/mol. The molecule has 0 saturated heterocycles.